The zero-order chi connectivity index (χ0) is 25.5. The highest BCUT2D eigenvalue weighted by Crippen LogP contribution is 2.39. The van der Waals surface area contributed by atoms with Crippen molar-refractivity contribution in [1.29, 1.82) is 0 Å². The number of halogens is 9. The summed E-state index contributed by atoms with van der Waals surface area (Å²) in [5.74, 6) is -11.8. The number of carbonyl (C=O) groups excluding carboxylic acids is 1. The summed E-state index contributed by atoms with van der Waals surface area (Å²) in [6, 6.07) is 0. The average Bonchev–Trinajstić information content (AvgIpc) is 3.33. The van der Waals surface area contributed by atoms with Crippen LogP contribution in [0.1, 0.15) is 35.1 Å². The van der Waals surface area contributed by atoms with Gasteiger partial charge in [-0.05, 0) is 6.92 Å². The van der Waals surface area contributed by atoms with Gasteiger partial charge in [-0.15, -0.1) is 0 Å². The Morgan fingerprint density at radius 2 is 1.71 bits per heavy atom. The monoisotopic (exact) mass is 501 g/mol. The van der Waals surface area contributed by atoms with Crippen molar-refractivity contribution in [2.75, 3.05) is 11.9 Å². The standard InChI is InChI=1S/C18H12F9N5O2/c1-3-34-14-10(21)8(19)13(9(20)11(14)22)32-15(18(25,26)27)7(4-28-32)29-17(33)6-5-31(2)30-12(6)16(23)24/h4-5,16H,3H2,1-2H3,(H,29,33). The molecule has 3 aromatic rings. The van der Waals surface area contributed by atoms with Crippen LogP contribution in [0, 0.1) is 23.3 Å². The topological polar surface area (TPSA) is 74.0 Å². The molecule has 0 atom stereocenters. The molecular weight excluding hydrogens is 489 g/mol. The van der Waals surface area contributed by atoms with Crippen molar-refractivity contribution in [3.05, 3.63) is 52.6 Å². The maximum Gasteiger partial charge on any atom is 0.435 e. The number of aryl methyl sites for hydroxylation is 1. The highest BCUT2D eigenvalue weighted by atomic mass is 19.4. The molecule has 1 aromatic carbocycles. The number of hydrogen-bond acceptors (Lipinski definition) is 4. The number of aromatic nitrogens is 4. The van der Waals surface area contributed by atoms with Crippen LogP contribution in [-0.4, -0.2) is 32.1 Å². The third-order valence-electron chi connectivity index (χ3n) is 4.30. The lowest BCUT2D eigenvalue weighted by Crippen LogP contribution is -2.21. The molecule has 184 valence electrons. The minimum absolute atomic E-state index is 0.268. The van der Waals surface area contributed by atoms with Gasteiger partial charge in [-0.2, -0.15) is 32.1 Å². The van der Waals surface area contributed by atoms with Gasteiger partial charge in [0.05, 0.1) is 24.1 Å². The lowest BCUT2D eigenvalue weighted by atomic mass is 10.2. The van der Waals surface area contributed by atoms with Gasteiger partial charge in [0.15, 0.2) is 23.1 Å². The molecule has 0 unspecified atom stereocenters. The summed E-state index contributed by atoms with van der Waals surface area (Å²) in [6.45, 7) is 0.807. The molecule has 2 heterocycles. The van der Waals surface area contributed by atoms with E-state index in [1.807, 2.05) is 0 Å². The number of rotatable bonds is 6. The van der Waals surface area contributed by atoms with Gasteiger partial charge in [0.1, 0.15) is 11.4 Å². The molecule has 0 aliphatic rings. The number of hydrogen-bond donors (Lipinski definition) is 1. The number of ether oxygens (including phenoxy) is 1. The molecule has 2 aromatic heterocycles. The van der Waals surface area contributed by atoms with Crippen LogP contribution in [0.5, 0.6) is 5.75 Å². The second-order valence-electron chi connectivity index (χ2n) is 6.54. The van der Waals surface area contributed by atoms with Crippen molar-refractivity contribution in [1.82, 2.24) is 19.6 Å². The zero-order valence-electron chi connectivity index (χ0n) is 16.9. The Bertz CT molecular complexity index is 1220. The minimum atomic E-state index is -5.50. The molecule has 0 radical (unpaired) electrons. The summed E-state index contributed by atoms with van der Waals surface area (Å²) in [4.78, 5) is 12.3. The quantitative estimate of drug-likeness (QED) is 0.390. The Balaban J connectivity index is 2.16. The van der Waals surface area contributed by atoms with Crippen molar-refractivity contribution >= 4 is 11.6 Å². The molecule has 0 bridgehead atoms. The van der Waals surface area contributed by atoms with Crippen LogP contribution in [0.3, 0.4) is 0 Å². The largest absolute Gasteiger partial charge is 0.488 e. The van der Waals surface area contributed by atoms with E-state index in [0.29, 0.717) is 0 Å². The van der Waals surface area contributed by atoms with Crippen LogP contribution in [0.25, 0.3) is 5.69 Å². The SMILES string of the molecule is CCOc1c(F)c(F)c(-n2ncc(NC(=O)c3cn(C)nc3C(F)F)c2C(F)(F)F)c(F)c1F. The fourth-order valence-corrected chi connectivity index (χ4v) is 2.97. The minimum Gasteiger partial charge on any atom is -0.488 e. The number of carbonyl (C=O) groups is 1. The molecular formula is C18H12F9N5O2. The molecule has 7 nitrogen and oxygen atoms in total. The summed E-state index contributed by atoms with van der Waals surface area (Å²) in [5.41, 5.74) is -7.03. The number of benzene rings is 1. The van der Waals surface area contributed by atoms with E-state index in [1.165, 1.54) is 14.0 Å². The smallest absolute Gasteiger partial charge is 0.435 e. The predicted molar refractivity (Wildman–Crippen MR) is 95.7 cm³/mol. The normalized spacial score (nSPS) is 11.9. The Labute approximate surface area is 183 Å². The number of nitrogens with zero attached hydrogens (tertiary/aromatic N) is 4. The Hall–Kier alpha value is -3.72. The maximum absolute atomic E-state index is 14.5. The average molecular weight is 501 g/mol. The summed E-state index contributed by atoms with van der Waals surface area (Å²) >= 11 is 0. The van der Waals surface area contributed by atoms with Crippen molar-refractivity contribution in [2.24, 2.45) is 7.05 Å². The molecule has 34 heavy (non-hydrogen) atoms. The predicted octanol–water partition coefficient (Wildman–Crippen LogP) is 4.77. The number of amides is 1. The first kappa shape index (κ1) is 24.9. The van der Waals surface area contributed by atoms with Gasteiger partial charge in [-0.3, -0.25) is 9.48 Å². The van der Waals surface area contributed by atoms with Gasteiger partial charge in [-0.1, -0.05) is 0 Å². The molecule has 1 N–H and O–H groups in total. The van der Waals surface area contributed by atoms with Crippen molar-refractivity contribution in [2.45, 2.75) is 19.5 Å². The van der Waals surface area contributed by atoms with E-state index in [0.717, 1.165) is 10.9 Å². The third-order valence-corrected chi connectivity index (χ3v) is 4.30. The first-order chi connectivity index (χ1) is 15.8. The van der Waals surface area contributed by atoms with Crippen LogP contribution in [0.4, 0.5) is 45.2 Å². The molecule has 0 saturated carbocycles. The first-order valence-corrected chi connectivity index (χ1v) is 9.06. The lowest BCUT2D eigenvalue weighted by Gasteiger charge is -2.16. The van der Waals surface area contributed by atoms with E-state index in [9.17, 15) is 44.3 Å². The van der Waals surface area contributed by atoms with E-state index in [1.54, 1.807) is 5.32 Å². The highest BCUT2D eigenvalue weighted by Gasteiger charge is 2.42. The molecule has 0 spiro atoms. The number of anilines is 1. The van der Waals surface area contributed by atoms with E-state index in [4.69, 9.17) is 0 Å². The Kier molecular flexibility index (Phi) is 6.53. The summed E-state index contributed by atoms with van der Waals surface area (Å²) in [7, 11) is 1.17. The second-order valence-corrected chi connectivity index (χ2v) is 6.54. The Morgan fingerprint density at radius 3 is 2.21 bits per heavy atom. The van der Waals surface area contributed by atoms with Crippen LogP contribution >= 0.6 is 0 Å². The van der Waals surface area contributed by atoms with Crippen LogP contribution < -0.4 is 10.1 Å². The second kappa shape index (κ2) is 8.90. The highest BCUT2D eigenvalue weighted by molar-refractivity contribution is 6.05. The van der Waals surface area contributed by atoms with Gasteiger partial charge in [0.2, 0.25) is 11.6 Å². The van der Waals surface area contributed by atoms with Crippen molar-refractivity contribution in [3.63, 3.8) is 0 Å². The molecule has 1 amide bonds. The van der Waals surface area contributed by atoms with E-state index in [-0.39, 0.29) is 6.20 Å². The Morgan fingerprint density at radius 1 is 1.12 bits per heavy atom. The summed E-state index contributed by atoms with van der Waals surface area (Å²) < 4.78 is 129. The third kappa shape index (κ3) is 4.26. The van der Waals surface area contributed by atoms with Crippen molar-refractivity contribution < 1.29 is 49.0 Å². The molecule has 0 aliphatic heterocycles. The molecule has 3 rings (SSSR count). The fraction of sp³-hybridized carbons (Fsp3) is 0.278. The van der Waals surface area contributed by atoms with Crippen LogP contribution in [0.2, 0.25) is 0 Å². The lowest BCUT2D eigenvalue weighted by molar-refractivity contribution is -0.142. The van der Waals surface area contributed by atoms with Crippen LogP contribution in [-0.2, 0) is 13.2 Å². The van der Waals surface area contributed by atoms with Gasteiger partial charge in [-0.25, -0.2) is 22.2 Å². The summed E-state index contributed by atoms with van der Waals surface area (Å²) in [5, 5.41) is 8.08. The maximum atomic E-state index is 14.5. The molecule has 0 fully saturated rings. The van der Waals surface area contributed by atoms with Gasteiger partial charge < -0.3 is 10.1 Å². The summed E-state index contributed by atoms with van der Waals surface area (Å²) in [6.07, 6.45) is -7.69. The number of alkyl halides is 5. The van der Waals surface area contributed by atoms with E-state index >= 15 is 0 Å². The zero-order valence-corrected chi connectivity index (χ0v) is 16.9. The van der Waals surface area contributed by atoms with Gasteiger partial charge >= 0.3 is 6.18 Å². The molecule has 0 aliphatic carbocycles. The van der Waals surface area contributed by atoms with E-state index < -0.39 is 87.1 Å². The van der Waals surface area contributed by atoms with E-state index in [2.05, 4.69) is 14.9 Å². The molecule has 0 saturated heterocycles. The number of nitrogens with one attached hydrogen (secondary N) is 1. The van der Waals surface area contributed by atoms with Gasteiger partial charge in [0.25, 0.3) is 12.3 Å². The molecule has 16 heteroatoms. The first-order valence-electron chi connectivity index (χ1n) is 9.06. The fourth-order valence-electron chi connectivity index (χ4n) is 2.97. The van der Waals surface area contributed by atoms with Crippen LogP contribution in [0.15, 0.2) is 12.4 Å². The van der Waals surface area contributed by atoms with Gasteiger partial charge in [0, 0.05) is 13.2 Å². The van der Waals surface area contributed by atoms with Crippen molar-refractivity contribution in [3.8, 4) is 11.4 Å².